The highest BCUT2D eigenvalue weighted by Crippen LogP contribution is 2.38. The summed E-state index contributed by atoms with van der Waals surface area (Å²) in [5, 5.41) is 9.87. The van der Waals surface area contributed by atoms with Crippen LogP contribution in [-0.4, -0.2) is 71.0 Å². The Kier molecular flexibility index (Phi) is 8.19. The zero-order valence-electron chi connectivity index (χ0n) is 21.5. The van der Waals surface area contributed by atoms with E-state index in [0.717, 1.165) is 24.6 Å². The van der Waals surface area contributed by atoms with Crippen molar-refractivity contribution in [3.8, 4) is 6.07 Å². The first-order valence-electron chi connectivity index (χ1n) is 12.5. The van der Waals surface area contributed by atoms with Gasteiger partial charge in [0.1, 0.15) is 21.8 Å². The molecule has 0 N–H and O–H groups in total. The summed E-state index contributed by atoms with van der Waals surface area (Å²) in [6, 6.07) is 1.60. The summed E-state index contributed by atoms with van der Waals surface area (Å²) in [6.45, 7) is 9.30. The molecule has 0 spiro atoms. The summed E-state index contributed by atoms with van der Waals surface area (Å²) < 4.78 is 32.0. The van der Waals surface area contributed by atoms with Gasteiger partial charge in [0.2, 0.25) is 0 Å². The van der Waals surface area contributed by atoms with Crippen LogP contribution in [-0.2, 0) is 25.9 Å². The summed E-state index contributed by atoms with van der Waals surface area (Å²) in [6.07, 6.45) is 3.58. The largest absolute Gasteiger partial charge is 0.372 e. The number of aromatic nitrogens is 1. The second-order valence-electron chi connectivity index (χ2n) is 9.93. The van der Waals surface area contributed by atoms with E-state index in [1.807, 2.05) is 20.8 Å². The number of nitrogens with zero attached hydrogens (tertiary/aromatic N) is 4. The maximum Gasteiger partial charge on any atom is 0.270 e. The predicted molar refractivity (Wildman–Crippen MR) is 149 cm³/mol. The van der Waals surface area contributed by atoms with Gasteiger partial charge in [-0.2, -0.15) is 5.26 Å². The van der Waals surface area contributed by atoms with Gasteiger partial charge in [-0.05, 0) is 45.3 Å². The van der Waals surface area contributed by atoms with Gasteiger partial charge in [-0.15, -0.1) is 0 Å². The number of pyridine rings is 1. The van der Waals surface area contributed by atoms with Crippen LogP contribution >= 0.6 is 24.0 Å². The molecule has 37 heavy (non-hydrogen) atoms. The van der Waals surface area contributed by atoms with Crippen molar-refractivity contribution in [3.05, 3.63) is 31.9 Å². The van der Waals surface area contributed by atoms with E-state index in [0.29, 0.717) is 52.2 Å². The molecule has 0 aromatic carbocycles. The number of unbranched alkanes of at least 4 members (excludes halogenated alkanes) is 1. The van der Waals surface area contributed by atoms with Crippen LogP contribution in [0.1, 0.15) is 56.7 Å². The number of carbonyl (C=O) groups is 1. The topological polar surface area (TPSA) is 113 Å². The van der Waals surface area contributed by atoms with E-state index in [1.54, 1.807) is 17.6 Å². The van der Waals surface area contributed by atoms with Gasteiger partial charge in [0.05, 0.1) is 34.7 Å². The summed E-state index contributed by atoms with van der Waals surface area (Å²) >= 11 is 6.63. The van der Waals surface area contributed by atoms with Crippen LogP contribution in [0.3, 0.4) is 0 Å². The number of thiocarbonyl (C=S) groups is 1. The lowest BCUT2D eigenvalue weighted by atomic mass is 10.0. The maximum absolute atomic E-state index is 13.5. The van der Waals surface area contributed by atoms with Crippen LogP contribution in [0.15, 0.2) is 9.70 Å². The van der Waals surface area contributed by atoms with E-state index in [9.17, 15) is 23.3 Å². The Bertz CT molecular complexity index is 1350. The first kappa shape index (κ1) is 27.8. The van der Waals surface area contributed by atoms with Crippen molar-refractivity contribution in [3.63, 3.8) is 0 Å². The second kappa shape index (κ2) is 10.9. The second-order valence-corrected chi connectivity index (χ2v) is 13.8. The van der Waals surface area contributed by atoms with E-state index in [-0.39, 0.29) is 40.7 Å². The molecule has 1 aromatic rings. The number of anilines is 1. The number of amides is 1. The van der Waals surface area contributed by atoms with Gasteiger partial charge in [-0.3, -0.25) is 19.1 Å². The monoisotopic (exact) mass is 564 g/mol. The smallest absolute Gasteiger partial charge is 0.270 e. The molecule has 0 radical (unpaired) electrons. The molecule has 3 fully saturated rings. The van der Waals surface area contributed by atoms with Crippen LogP contribution in [0, 0.1) is 18.3 Å². The summed E-state index contributed by atoms with van der Waals surface area (Å²) in [5.41, 5.74) is 0.859. The molecule has 1 aromatic heterocycles. The van der Waals surface area contributed by atoms with E-state index in [4.69, 9.17) is 17.0 Å². The van der Waals surface area contributed by atoms with Crippen molar-refractivity contribution in [1.82, 2.24) is 9.47 Å². The zero-order chi connectivity index (χ0) is 27.1. The minimum Gasteiger partial charge on any atom is -0.372 e. The Morgan fingerprint density at radius 2 is 1.92 bits per heavy atom. The third kappa shape index (κ3) is 5.50. The molecule has 3 unspecified atom stereocenters. The van der Waals surface area contributed by atoms with Gasteiger partial charge in [-0.25, -0.2) is 8.42 Å². The Hall–Kier alpha value is -2.20. The average Bonchev–Trinajstić information content (AvgIpc) is 3.31. The van der Waals surface area contributed by atoms with Gasteiger partial charge in [0.25, 0.3) is 11.5 Å². The molecule has 3 aliphatic rings. The third-order valence-electron chi connectivity index (χ3n) is 6.97. The highest BCUT2D eigenvalue weighted by molar-refractivity contribution is 8.26. The van der Waals surface area contributed by atoms with Gasteiger partial charge < -0.3 is 9.64 Å². The number of thioether (sulfide) groups is 1. The molecule has 1 amide bonds. The fourth-order valence-corrected chi connectivity index (χ4v) is 8.35. The fourth-order valence-electron chi connectivity index (χ4n) is 5.26. The fraction of sp³-hybridized carbons (Fsp3) is 0.600. The lowest BCUT2D eigenvalue weighted by Crippen LogP contribution is -2.48. The molecule has 200 valence electrons. The Balaban J connectivity index is 1.87. The molecular weight excluding hydrogens is 532 g/mol. The lowest BCUT2D eigenvalue weighted by Gasteiger charge is -2.39. The summed E-state index contributed by atoms with van der Waals surface area (Å²) in [7, 11) is -3.20. The molecule has 0 aliphatic carbocycles. The van der Waals surface area contributed by atoms with Crippen molar-refractivity contribution in [2.75, 3.05) is 29.5 Å². The summed E-state index contributed by atoms with van der Waals surface area (Å²) in [5.74, 6) is 0.279. The number of carbonyl (C=O) groups excluding carboxylic acids is 1. The highest BCUT2D eigenvalue weighted by Gasteiger charge is 2.42. The standard InChI is InChI=1S/C25H32N4O5S3/c1-5-6-8-28-22(27-12-15(2)34-16(3)13-27)19(17(4)20(11-26)23(28)30)10-21-24(31)29(25(35)36-21)18-7-9-37(32,33)14-18/h10,15-16,18H,5-9,12-14H2,1-4H3. The molecule has 3 aliphatic heterocycles. The van der Waals surface area contributed by atoms with Crippen LogP contribution in [0.5, 0.6) is 0 Å². The molecule has 4 rings (SSSR count). The number of sulfone groups is 1. The first-order valence-corrected chi connectivity index (χ1v) is 15.6. The van der Waals surface area contributed by atoms with Crippen LogP contribution in [0.2, 0.25) is 0 Å². The van der Waals surface area contributed by atoms with Crippen molar-refractivity contribution >= 4 is 55.9 Å². The van der Waals surface area contributed by atoms with Crippen molar-refractivity contribution in [2.24, 2.45) is 0 Å². The van der Waals surface area contributed by atoms with Crippen molar-refractivity contribution in [2.45, 2.75) is 71.8 Å². The number of hydrogen-bond acceptors (Lipinski definition) is 9. The van der Waals surface area contributed by atoms with Gasteiger partial charge in [0, 0.05) is 25.2 Å². The van der Waals surface area contributed by atoms with Gasteiger partial charge in [0.15, 0.2) is 9.84 Å². The van der Waals surface area contributed by atoms with Crippen LogP contribution in [0.4, 0.5) is 5.82 Å². The third-order valence-corrected chi connectivity index (χ3v) is 10.1. The number of morpholine rings is 1. The summed E-state index contributed by atoms with van der Waals surface area (Å²) in [4.78, 5) is 30.8. The normalized spacial score (nSPS) is 26.8. The predicted octanol–water partition coefficient (Wildman–Crippen LogP) is 2.83. The van der Waals surface area contributed by atoms with Crippen LogP contribution < -0.4 is 10.5 Å². The average molecular weight is 565 g/mol. The van der Waals surface area contributed by atoms with E-state index in [2.05, 4.69) is 11.0 Å². The zero-order valence-corrected chi connectivity index (χ0v) is 24.0. The van der Waals surface area contributed by atoms with E-state index >= 15 is 0 Å². The number of rotatable bonds is 6. The lowest BCUT2D eigenvalue weighted by molar-refractivity contribution is -0.123. The molecule has 12 heteroatoms. The molecular formula is C25H32N4O5S3. The number of ether oxygens (including phenoxy) is 1. The maximum atomic E-state index is 13.5. The van der Waals surface area contributed by atoms with Gasteiger partial charge in [-0.1, -0.05) is 37.3 Å². The molecule has 9 nitrogen and oxygen atoms in total. The quantitative estimate of drug-likeness (QED) is 0.380. The van der Waals surface area contributed by atoms with Crippen molar-refractivity contribution < 1.29 is 17.9 Å². The van der Waals surface area contributed by atoms with Crippen molar-refractivity contribution in [1.29, 1.82) is 5.26 Å². The minimum atomic E-state index is -3.20. The minimum absolute atomic E-state index is 0.0400. The molecule has 4 heterocycles. The number of nitriles is 1. The van der Waals surface area contributed by atoms with Gasteiger partial charge >= 0.3 is 0 Å². The molecule has 3 saturated heterocycles. The van der Waals surface area contributed by atoms with E-state index < -0.39 is 15.9 Å². The molecule has 3 atom stereocenters. The Morgan fingerprint density at radius 3 is 2.49 bits per heavy atom. The highest BCUT2D eigenvalue weighted by atomic mass is 32.2. The SMILES string of the molecule is CCCCn1c(N2CC(C)OC(C)C2)c(C=C2SC(=S)N(C3CCS(=O)(=O)C3)C2=O)c(C)c(C#N)c1=O. The molecule has 0 bridgehead atoms. The number of hydrogen-bond donors (Lipinski definition) is 0. The van der Waals surface area contributed by atoms with E-state index in [1.165, 1.54) is 4.90 Å². The first-order chi connectivity index (χ1) is 17.5. The van der Waals surface area contributed by atoms with Crippen LogP contribution in [0.25, 0.3) is 6.08 Å². The molecule has 0 saturated carbocycles. The Labute approximate surface area is 227 Å². The Morgan fingerprint density at radius 1 is 1.24 bits per heavy atom.